The number of ether oxygens (including phenoxy) is 2. The van der Waals surface area contributed by atoms with Crippen molar-refractivity contribution < 1.29 is 19.2 Å². The van der Waals surface area contributed by atoms with E-state index in [0.717, 1.165) is 11.7 Å². The second kappa shape index (κ2) is 6.67. The summed E-state index contributed by atoms with van der Waals surface area (Å²) in [5.74, 6) is 0.0101. The van der Waals surface area contributed by atoms with Crippen molar-refractivity contribution in [3.63, 3.8) is 0 Å². The number of morpholine rings is 1. The summed E-state index contributed by atoms with van der Waals surface area (Å²) < 4.78 is 18.7. The van der Waals surface area contributed by atoms with E-state index in [9.17, 15) is 14.9 Å². The van der Waals surface area contributed by atoms with Gasteiger partial charge in [-0.2, -0.15) is 4.37 Å². The number of non-ortho nitro benzene ring substituents is 1. The molecule has 0 aliphatic carbocycles. The number of carbonyl (C=O) groups excluding carboxylic acids is 1. The van der Waals surface area contributed by atoms with Crippen molar-refractivity contribution in [3.05, 3.63) is 39.9 Å². The molecule has 1 aromatic heterocycles. The Morgan fingerprint density at radius 2 is 1.96 bits per heavy atom. The Hall–Kier alpha value is -2.59. The third kappa shape index (κ3) is 3.43. The smallest absolute Gasteiger partial charge is 0.345 e. The lowest BCUT2D eigenvalue weighted by atomic mass is 10.2. The first-order valence-electron chi connectivity index (χ1n) is 6.77. The van der Waals surface area contributed by atoms with Crippen LogP contribution in [0, 0.1) is 10.1 Å². The molecule has 0 amide bonds. The highest BCUT2D eigenvalue weighted by molar-refractivity contribution is 6.99. The fourth-order valence-electron chi connectivity index (χ4n) is 2.07. The number of hydrogen-bond acceptors (Lipinski definition) is 9. The summed E-state index contributed by atoms with van der Waals surface area (Å²) in [6.45, 7) is 2.45. The number of aromatic nitrogens is 2. The average molecular weight is 336 g/mol. The Morgan fingerprint density at radius 3 is 2.61 bits per heavy atom. The molecule has 0 N–H and O–H groups in total. The number of hydrogen-bond donors (Lipinski definition) is 0. The maximum absolute atomic E-state index is 12.1. The monoisotopic (exact) mass is 336 g/mol. The van der Waals surface area contributed by atoms with E-state index in [2.05, 4.69) is 8.75 Å². The van der Waals surface area contributed by atoms with Gasteiger partial charge in [-0.25, -0.2) is 4.79 Å². The highest BCUT2D eigenvalue weighted by Gasteiger charge is 2.22. The van der Waals surface area contributed by atoms with Crippen LogP contribution in [0.2, 0.25) is 0 Å². The number of carbonyl (C=O) groups is 1. The predicted molar refractivity (Wildman–Crippen MR) is 81.0 cm³/mol. The summed E-state index contributed by atoms with van der Waals surface area (Å²) in [5, 5.41) is 10.6. The summed E-state index contributed by atoms with van der Waals surface area (Å²) in [6.07, 6.45) is 0. The minimum Gasteiger partial charge on any atom is -0.399 e. The lowest BCUT2D eigenvalue weighted by molar-refractivity contribution is -0.384. The SMILES string of the molecule is O=C(Oc1nsnc1N1CCOCC1)c1ccc([N+](=O)[O-])cc1. The molecule has 0 saturated carbocycles. The molecule has 0 atom stereocenters. The number of rotatable bonds is 4. The summed E-state index contributed by atoms with van der Waals surface area (Å²) in [5.41, 5.74) is 0.113. The highest BCUT2D eigenvalue weighted by atomic mass is 32.1. The summed E-state index contributed by atoms with van der Waals surface area (Å²) in [6, 6.07) is 5.18. The molecule has 1 fully saturated rings. The van der Waals surface area contributed by atoms with Gasteiger partial charge in [-0.3, -0.25) is 10.1 Å². The number of nitrogens with zero attached hydrogens (tertiary/aromatic N) is 4. The molecule has 0 bridgehead atoms. The zero-order valence-electron chi connectivity index (χ0n) is 11.9. The standard InChI is InChI=1S/C13H12N4O5S/c18-13(9-1-3-10(4-2-9)17(19)20)22-12-11(14-23-15-12)16-5-7-21-8-6-16/h1-4H,5-8H2. The summed E-state index contributed by atoms with van der Waals surface area (Å²) in [7, 11) is 0. The first-order chi connectivity index (χ1) is 11.1. The molecule has 10 heteroatoms. The minimum absolute atomic E-state index is 0.0918. The third-order valence-corrected chi connectivity index (χ3v) is 3.76. The fraction of sp³-hybridized carbons (Fsp3) is 0.308. The Morgan fingerprint density at radius 1 is 1.26 bits per heavy atom. The molecule has 0 unspecified atom stereocenters. The Labute approximate surface area is 134 Å². The van der Waals surface area contributed by atoms with Crippen LogP contribution >= 0.6 is 11.7 Å². The van der Waals surface area contributed by atoms with E-state index in [1.807, 2.05) is 4.90 Å². The Balaban J connectivity index is 1.73. The normalized spacial score (nSPS) is 14.5. The van der Waals surface area contributed by atoms with Gasteiger partial charge in [0.05, 0.1) is 35.4 Å². The number of benzene rings is 1. The maximum atomic E-state index is 12.1. The van der Waals surface area contributed by atoms with Crippen molar-refractivity contribution >= 4 is 29.2 Å². The van der Waals surface area contributed by atoms with Crippen LogP contribution in [0.25, 0.3) is 0 Å². The molecule has 1 aliphatic rings. The van der Waals surface area contributed by atoms with Crippen molar-refractivity contribution in [1.82, 2.24) is 8.75 Å². The van der Waals surface area contributed by atoms with E-state index in [-0.39, 0.29) is 17.1 Å². The van der Waals surface area contributed by atoms with Gasteiger partial charge in [0.15, 0.2) is 0 Å². The van der Waals surface area contributed by atoms with Gasteiger partial charge in [-0.1, -0.05) is 0 Å². The van der Waals surface area contributed by atoms with Crippen molar-refractivity contribution in [1.29, 1.82) is 0 Å². The van der Waals surface area contributed by atoms with Crippen LogP contribution < -0.4 is 9.64 Å². The van der Waals surface area contributed by atoms with Crippen molar-refractivity contribution in [2.75, 3.05) is 31.2 Å². The molecule has 9 nitrogen and oxygen atoms in total. The van der Waals surface area contributed by atoms with Gasteiger partial charge >= 0.3 is 5.97 Å². The molecule has 1 aromatic carbocycles. The van der Waals surface area contributed by atoms with Crippen molar-refractivity contribution in [2.24, 2.45) is 0 Å². The summed E-state index contributed by atoms with van der Waals surface area (Å²) >= 11 is 0.954. The minimum atomic E-state index is -0.637. The van der Waals surface area contributed by atoms with Crippen LogP contribution in [0.3, 0.4) is 0 Å². The number of anilines is 1. The molecule has 120 valence electrons. The molecule has 0 radical (unpaired) electrons. The molecule has 1 aliphatic heterocycles. The molecular weight excluding hydrogens is 324 g/mol. The predicted octanol–water partition coefficient (Wildman–Crippen LogP) is 1.50. The van der Waals surface area contributed by atoms with E-state index in [1.165, 1.54) is 24.3 Å². The molecule has 2 heterocycles. The van der Waals surface area contributed by atoms with Gasteiger partial charge in [0.2, 0.25) is 5.82 Å². The van der Waals surface area contributed by atoms with Gasteiger partial charge in [-0.05, 0) is 12.1 Å². The molecule has 1 saturated heterocycles. The van der Waals surface area contributed by atoms with Gasteiger partial charge in [0.1, 0.15) is 0 Å². The zero-order chi connectivity index (χ0) is 16.2. The first kappa shape index (κ1) is 15.3. The average Bonchev–Trinajstić information content (AvgIpc) is 3.04. The van der Waals surface area contributed by atoms with Crippen LogP contribution in [0.5, 0.6) is 5.88 Å². The van der Waals surface area contributed by atoms with E-state index >= 15 is 0 Å². The zero-order valence-corrected chi connectivity index (χ0v) is 12.7. The van der Waals surface area contributed by atoms with E-state index in [4.69, 9.17) is 9.47 Å². The van der Waals surface area contributed by atoms with Gasteiger partial charge in [0, 0.05) is 25.2 Å². The molecule has 3 rings (SSSR count). The largest absolute Gasteiger partial charge is 0.399 e. The van der Waals surface area contributed by atoms with Crippen LogP contribution in [-0.2, 0) is 4.74 Å². The van der Waals surface area contributed by atoms with Gasteiger partial charge in [0.25, 0.3) is 11.6 Å². The van der Waals surface area contributed by atoms with Crippen LogP contribution in [0.4, 0.5) is 11.5 Å². The number of nitro groups is 1. The van der Waals surface area contributed by atoms with Gasteiger partial charge < -0.3 is 14.4 Å². The third-order valence-electron chi connectivity index (χ3n) is 3.26. The van der Waals surface area contributed by atoms with Crippen molar-refractivity contribution in [3.8, 4) is 5.88 Å². The fourth-order valence-corrected chi connectivity index (χ4v) is 2.58. The summed E-state index contributed by atoms with van der Waals surface area (Å²) in [4.78, 5) is 24.1. The van der Waals surface area contributed by atoms with E-state index in [1.54, 1.807) is 0 Å². The highest BCUT2D eigenvalue weighted by Crippen LogP contribution is 2.27. The number of esters is 1. The molecule has 0 spiro atoms. The topological polar surface area (TPSA) is 108 Å². The first-order valence-corrected chi connectivity index (χ1v) is 7.50. The quantitative estimate of drug-likeness (QED) is 0.469. The molecule has 23 heavy (non-hydrogen) atoms. The molecular formula is C13H12N4O5S. The van der Waals surface area contributed by atoms with E-state index < -0.39 is 10.9 Å². The molecule has 2 aromatic rings. The van der Waals surface area contributed by atoms with Crippen LogP contribution in [0.1, 0.15) is 10.4 Å². The van der Waals surface area contributed by atoms with Crippen LogP contribution in [-0.4, -0.2) is 45.9 Å². The van der Waals surface area contributed by atoms with Crippen LogP contribution in [0.15, 0.2) is 24.3 Å². The Kier molecular flexibility index (Phi) is 4.44. The second-order valence-electron chi connectivity index (χ2n) is 4.69. The Bertz CT molecular complexity index is 711. The lowest BCUT2D eigenvalue weighted by Crippen LogP contribution is -2.36. The maximum Gasteiger partial charge on any atom is 0.345 e. The van der Waals surface area contributed by atoms with Crippen molar-refractivity contribution in [2.45, 2.75) is 0 Å². The number of nitro benzene ring substituents is 1. The van der Waals surface area contributed by atoms with Gasteiger partial charge in [-0.15, -0.1) is 4.37 Å². The lowest BCUT2D eigenvalue weighted by Gasteiger charge is -2.26. The van der Waals surface area contributed by atoms with E-state index in [0.29, 0.717) is 32.1 Å². The second-order valence-corrected chi connectivity index (χ2v) is 5.21.